The fourth-order valence-electron chi connectivity index (χ4n) is 4.03. The normalized spacial score (nSPS) is 20.0. The van der Waals surface area contributed by atoms with Crippen LogP contribution in [0.3, 0.4) is 0 Å². The van der Waals surface area contributed by atoms with Crippen LogP contribution in [0.15, 0.2) is 53.4 Å². The Kier molecular flexibility index (Phi) is 7.15. The number of rotatable bonds is 7. The molecule has 1 fully saturated rings. The van der Waals surface area contributed by atoms with Crippen LogP contribution in [-0.4, -0.2) is 45.4 Å². The minimum Gasteiger partial charge on any atom is -0.495 e. The number of carbonyl (C=O) groups is 1. The number of amides is 1. The Morgan fingerprint density at radius 2 is 1.77 bits per heavy atom. The van der Waals surface area contributed by atoms with Crippen LogP contribution in [0.4, 0.5) is 0 Å². The number of nitrogens with one attached hydrogen (secondary N) is 1. The minimum atomic E-state index is -3.76. The topological polar surface area (TPSA) is 75.7 Å². The SMILES string of the molecule is COc1ccc(C(=O)NCCc2ccccc2)cc1S(=O)(=O)N1CC(C)CC(C)C1. The van der Waals surface area contributed by atoms with Crippen LogP contribution in [0.1, 0.15) is 36.2 Å². The summed E-state index contributed by atoms with van der Waals surface area (Å²) in [7, 11) is -2.32. The molecule has 162 valence electrons. The number of nitrogens with zero attached hydrogens (tertiary/aromatic N) is 1. The summed E-state index contributed by atoms with van der Waals surface area (Å²) in [5.74, 6) is 0.533. The van der Waals surface area contributed by atoms with E-state index < -0.39 is 10.0 Å². The molecule has 1 amide bonds. The average molecular weight is 431 g/mol. The summed E-state index contributed by atoms with van der Waals surface area (Å²) < 4.78 is 33.5. The summed E-state index contributed by atoms with van der Waals surface area (Å²) in [5, 5.41) is 2.87. The molecule has 0 saturated carbocycles. The Labute approximate surface area is 179 Å². The van der Waals surface area contributed by atoms with Gasteiger partial charge in [0.25, 0.3) is 5.91 Å². The molecule has 1 heterocycles. The second-order valence-corrected chi connectivity index (χ2v) is 10.0. The quantitative estimate of drug-likeness (QED) is 0.731. The molecule has 2 unspecified atom stereocenters. The van der Waals surface area contributed by atoms with Gasteiger partial charge in [0.15, 0.2) is 0 Å². The molecule has 1 aliphatic rings. The molecular formula is C23H30N2O4S. The molecule has 1 aliphatic heterocycles. The molecule has 0 aliphatic carbocycles. The van der Waals surface area contributed by atoms with Crippen molar-refractivity contribution in [1.29, 1.82) is 0 Å². The van der Waals surface area contributed by atoms with Crippen LogP contribution < -0.4 is 10.1 Å². The smallest absolute Gasteiger partial charge is 0.251 e. The van der Waals surface area contributed by atoms with E-state index in [0.29, 0.717) is 43.5 Å². The molecule has 30 heavy (non-hydrogen) atoms. The molecule has 0 aromatic heterocycles. The first-order valence-electron chi connectivity index (χ1n) is 10.3. The van der Waals surface area contributed by atoms with E-state index in [1.54, 1.807) is 12.1 Å². The zero-order chi connectivity index (χ0) is 21.7. The van der Waals surface area contributed by atoms with Gasteiger partial charge in [-0.3, -0.25) is 4.79 Å². The van der Waals surface area contributed by atoms with Crippen molar-refractivity contribution < 1.29 is 17.9 Å². The highest BCUT2D eigenvalue weighted by molar-refractivity contribution is 7.89. The van der Waals surface area contributed by atoms with E-state index in [4.69, 9.17) is 4.74 Å². The van der Waals surface area contributed by atoms with Gasteiger partial charge in [-0.1, -0.05) is 44.2 Å². The molecular weight excluding hydrogens is 400 g/mol. The van der Waals surface area contributed by atoms with E-state index in [1.165, 1.54) is 17.5 Å². The van der Waals surface area contributed by atoms with E-state index in [9.17, 15) is 13.2 Å². The summed E-state index contributed by atoms with van der Waals surface area (Å²) in [4.78, 5) is 12.7. The number of methoxy groups -OCH3 is 1. The third-order valence-corrected chi connectivity index (χ3v) is 7.27. The van der Waals surface area contributed by atoms with Crippen molar-refractivity contribution in [3.05, 3.63) is 59.7 Å². The van der Waals surface area contributed by atoms with Crippen LogP contribution in [-0.2, 0) is 16.4 Å². The first-order chi connectivity index (χ1) is 14.3. The third kappa shape index (κ3) is 5.21. The predicted molar refractivity (Wildman–Crippen MR) is 117 cm³/mol. The van der Waals surface area contributed by atoms with Gasteiger partial charge in [0, 0.05) is 25.2 Å². The van der Waals surface area contributed by atoms with Crippen molar-refractivity contribution in [1.82, 2.24) is 9.62 Å². The lowest BCUT2D eigenvalue weighted by Gasteiger charge is -2.34. The number of ether oxygens (including phenoxy) is 1. The molecule has 2 aromatic rings. The van der Waals surface area contributed by atoms with E-state index in [1.807, 2.05) is 30.3 Å². The maximum absolute atomic E-state index is 13.3. The Morgan fingerprint density at radius 3 is 2.40 bits per heavy atom. The molecule has 0 spiro atoms. The van der Waals surface area contributed by atoms with E-state index in [0.717, 1.165) is 12.0 Å². The molecule has 3 rings (SSSR count). The van der Waals surface area contributed by atoms with Crippen LogP contribution in [0, 0.1) is 11.8 Å². The third-order valence-electron chi connectivity index (χ3n) is 5.42. The van der Waals surface area contributed by atoms with Crippen LogP contribution in [0.25, 0.3) is 0 Å². The largest absolute Gasteiger partial charge is 0.495 e. The van der Waals surface area contributed by atoms with Gasteiger partial charge in [-0.2, -0.15) is 4.31 Å². The van der Waals surface area contributed by atoms with Gasteiger partial charge in [0.05, 0.1) is 7.11 Å². The zero-order valence-electron chi connectivity index (χ0n) is 17.8. The number of sulfonamides is 1. The van der Waals surface area contributed by atoms with Gasteiger partial charge in [0.2, 0.25) is 10.0 Å². The molecule has 6 nitrogen and oxygen atoms in total. The number of piperidine rings is 1. The van der Waals surface area contributed by atoms with Crippen molar-refractivity contribution in [2.24, 2.45) is 11.8 Å². The zero-order valence-corrected chi connectivity index (χ0v) is 18.6. The first kappa shape index (κ1) is 22.3. The average Bonchev–Trinajstić information content (AvgIpc) is 2.73. The number of benzene rings is 2. The van der Waals surface area contributed by atoms with E-state index >= 15 is 0 Å². The lowest BCUT2D eigenvalue weighted by Crippen LogP contribution is -2.42. The standard InChI is InChI=1S/C23H30N2O4S/c1-17-13-18(2)16-25(15-17)30(27,28)22-14-20(9-10-21(22)29-3)23(26)24-12-11-19-7-5-4-6-8-19/h4-10,14,17-18H,11-13,15-16H2,1-3H3,(H,24,26). The van der Waals surface area contributed by atoms with Crippen LogP contribution in [0.5, 0.6) is 5.75 Å². The van der Waals surface area contributed by atoms with Gasteiger partial charge in [-0.15, -0.1) is 0 Å². The monoisotopic (exact) mass is 430 g/mol. The maximum Gasteiger partial charge on any atom is 0.251 e. The number of carbonyl (C=O) groups excluding carboxylic acids is 1. The van der Waals surface area contributed by atoms with Crippen LogP contribution in [0.2, 0.25) is 0 Å². The fourth-order valence-corrected chi connectivity index (χ4v) is 5.89. The molecule has 1 N–H and O–H groups in total. The highest BCUT2D eigenvalue weighted by Crippen LogP contribution is 2.32. The van der Waals surface area contributed by atoms with E-state index in [2.05, 4.69) is 19.2 Å². The Balaban J connectivity index is 1.78. The second-order valence-electron chi connectivity index (χ2n) is 8.13. The maximum atomic E-state index is 13.3. The molecule has 2 atom stereocenters. The summed E-state index contributed by atoms with van der Waals surface area (Å²) in [5.41, 5.74) is 1.43. The number of hydrogen-bond donors (Lipinski definition) is 1. The second kappa shape index (κ2) is 9.62. The van der Waals surface area contributed by atoms with Gasteiger partial charge in [-0.25, -0.2) is 8.42 Å². The summed E-state index contributed by atoms with van der Waals surface area (Å²) in [6.07, 6.45) is 1.71. The molecule has 2 aromatic carbocycles. The van der Waals surface area contributed by atoms with Gasteiger partial charge in [0.1, 0.15) is 10.6 Å². The fraction of sp³-hybridized carbons (Fsp3) is 0.435. The van der Waals surface area contributed by atoms with Crippen molar-refractivity contribution >= 4 is 15.9 Å². The molecule has 0 radical (unpaired) electrons. The van der Waals surface area contributed by atoms with E-state index in [-0.39, 0.29) is 16.6 Å². The predicted octanol–water partition coefficient (Wildman–Crippen LogP) is 3.33. The van der Waals surface area contributed by atoms with Gasteiger partial charge in [-0.05, 0) is 48.4 Å². The highest BCUT2D eigenvalue weighted by atomic mass is 32.2. The number of hydrogen-bond acceptors (Lipinski definition) is 4. The summed E-state index contributed by atoms with van der Waals surface area (Å²) >= 11 is 0. The lowest BCUT2D eigenvalue weighted by atomic mass is 9.94. The van der Waals surface area contributed by atoms with Crippen molar-refractivity contribution in [2.45, 2.75) is 31.6 Å². The molecule has 7 heteroatoms. The lowest BCUT2D eigenvalue weighted by molar-refractivity contribution is 0.0954. The first-order valence-corrected chi connectivity index (χ1v) is 11.8. The summed E-state index contributed by atoms with van der Waals surface area (Å²) in [6, 6.07) is 14.4. The molecule has 0 bridgehead atoms. The van der Waals surface area contributed by atoms with Crippen LogP contribution >= 0.6 is 0 Å². The highest BCUT2D eigenvalue weighted by Gasteiger charge is 2.34. The van der Waals surface area contributed by atoms with Gasteiger partial charge < -0.3 is 10.1 Å². The van der Waals surface area contributed by atoms with Gasteiger partial charge >= 0.3 is 0 Å². The minimum absolute atomic E-state index is 0.0435. The Hall–Kier alpha value is -2.38. The Morgan fingerprint density at radius 1 is 1.10 bits per heavy atom. The molecule has 1 saturated heterocycles. The Bertz CT molecular complexity index is 966. The van der Waals surface area contributed by atoms with Crippen molar-refractivity contribution in [3.63, 3.8) is 0 Å². The van der Waals surface area contributed by atoms with Crippen molar-refractivity contribution in [3.8, 4) is 5.75 Å². The van der Waals surface area contributed by atoms with Crippen molar-refractivity contribution in [2.75, 3.05) is 26.7 Å². The summed E-state index contributed by atoms with van der Waals surface area (Å²) in [6.45, 7) is 5.54.